The maximum atomic E-state index is 13.2. The molecule has 3 fully saturated rings. The van der Waals surface area contributed by atoms with Gasteiger partial charge in [0.1, 0.15) is 5.78 Å². The van der Waals surface area contributed by atoms with Gasteiger partial charge in [-0.3, -0.25) is 24.0 Å². The van der Waals surface area contributed by atoms with Gasteiger partial charge in [-0.25, -0.2) is 0 Å². The van der Waals surface area contributed by atoms with E-state index in [0.717, 1.165) is 75.5 Å². The molecule has 3 N–H and O–H groups in total. The van der Waals surface area contributed by atoms with Crippen molar-refractivity contribution in [3.8, 4) is 0 Å². The highest BCUT2D eigenvalue weighted by molar-refractivity contribution is 8.04. The molecule has 4 rings (SSSR count). The predicted molar refractivity (Wildman–Crippen MR) is 177 cm³/mol. The van der Waals surface area contributed by atoms with Crippen LogP contribution in [0.1, 0.15) is 130 Å². The van der Waals surface area contributed by atoms with E-state index >= 15 is 0 Å². The number of hydrogen-bond donors (Lipinski definition) is 3. The van der Waals surface area contributed by atoms with Crippen molar-refractivity contribution < 1.29 is 29.1 Å². The zero-order valence-corrected chi connectivity index (χ0v) is 28.7. The van der Waals surface area contributed by atoms with E-state index in [2.05, 4.69) is 24.5 Å². The molecule has 8 nitrogen and oxygen atoms in total. The summed E-state index contributed by atoms with van der Waals surface area (Å²) in [5.41, 5.74) is 1.55. The maximum absolute atomic E-state index is 13.2. The highest BCUT2D eigenvalue weighted by atomic mass is 32.2. The van der Waals surface area contributed by atoms with Gasteiger partial charge >= 0.3 is 5.97 Å². The van der Waals surface area contributed by atoms with E-state index in [1.807, 2.05) is 0 Å². The first kappa shape index (κ1) is 35.7. The molecular formula is C36H56N2O6S. The minimum atomic E-state index is -0.782. The predicted octanol–water partition coefficient (Wildman–Crippen LogP) is 6.61. The van der Waals surface area contributed by atoms with Gasteiger partial charge in [0, 0.05) is 50.4 Å². The number of carbonyl (C=O) groups is 5. The summed E-state index contributed by atoms with van der Waals surface area (Å²) in [5, 5.41) is 14.5. The Morgan fingerprint density at radius 3 is 2.13 bits per heavy atom. The molecule has 0 radical (unpaired) electrons. The normalized spacial score (nSPS) is 30.7. The van der Waals surface area contributed by atoms with Crippen molar-refractivity contribution in [2.45, 2.75) is 130 Å². The largest absolute Gasteiger partial charge is 0.481 e. The Bertz CT molecular complexity index is 1150. The molecule has 6 unspecified atom stereocenters. The zero-order valence-electron chi connectivity index (χ0n) is 27.8. The first-order chi connectivity index (χ1) is 21.5. The number of thioether (sulfide) groups is 1. The van der Waals surface area contributed by atoms with Gasteiger partial charge in [-0.2, -0.15) is 0 Å². The van der Waals surface area contributed by atoms with Gasteiger partial charge in [-0.15, -0.1) is 11.8 Å². The molecule has 3 saturated carbocycles. The molecule has 0 spiro atoms. The zero-order chi connectivity index (χ0) is 32.6. The number of amides is 2. The van der Waals surface area contributed by atoms with Gasteiger partial charge in [0.25, 0.3) is 0 Å². The number of hydrogen-bond acceptors (Lipinski definition) is 6. The number of allylic oxidation sites excluding steroid dienone is 1. The Labute approximate surface area is 274 Å². The quantitative estimate of drug-likeness (QED) is 0.152. The third kappa shape index (κ3) is 8.61. The number of carbonyl (C=O) groups excluding carboxylic acids is 4. The van der Waals surface area contributed by atoms with Gasteiger partial charge in [0.05, 0.1) is 4.91 Å². The third-order valence-electron chi connectivity index (χ3n) is 11.9. The van der Waals surface area contributed by atoms with Gasteiger partial charge < -0.3 is 15.7 Å². The summed E-state index contributed by atoms with van der Waals surface area (Å²) in [6.45, 7) is 7.75. The van der Waals surface area contributed by atoms with Crippen molar-refractivity contribution in [1.29, 1.82) is 0 Å². The van der Waals surface area contributed by atoms with Gasteiger partial charge in [0.2, 0.25) is 11.8 Å². The summed E-state index contributed by atoms with van der Waals surface area (Å²) in [6, 6.07) is 0. The maximum Gasteiger partial charge on any atom is 0.303 e. The van der Waals surface area contributed by atoms with E-state index in [1.54, 1.807) is 18.7 Å². The van der Waals surface area contributed by atoms with Crippen LogP contribution in [0.3, 0.4) is 0 Å². The molecule has 4 aliphatic rings. The standard InChI is InChI=1S/C36H56N2O6S/c1-24(39)26-14-15-27-25-12-13-29-34(30(40)17-20-36(29,3)28(25)16-19-35(26,27)2)45-23-18-32(42)38-22-8-4-6-10-31(41)37-21-9-5-7-11-33(43)44/h25-28H,4-23H2,1-3H3,(H,37,41)(H,38,42)(H,43,44). The molecule has 4 aliphatic carbocycles. The van der Waals surface area contributed by atoms with Gasteiger partial charge in [0.15, 0.2) is 5.78 Å². The summed E-state index contributed by atoms with van der Waals surface area (Å²) in [6.07, 6.45) is 13.8. The van der Waals surface area contributed by atoms with Crippen molar-refractivity contribution in [3.05, 3.63) is 10.5 Å². The lowest BCUT2D eigenvalue weighted by Crippen LogP contribution is -2.51. The van der Waals surface area contributed by atoms with Crippen molar-refractivity contribution in [3.63, 3.8) is 0 Å². The second-order valence-corrected chi connectivity index (χ2v) is 15.8. The number of ketones is 2. The molecule has 0 heterocycles. The minimum absolute atomic E-state index is 0.0105. The number of unbranched alkanes of at least 4 members (excludes halogenated alkanes) is 4. The molecule has 0 aliphatic heterocycles. The summed E-state index contributed by atoms with van der Waals surface area (Å²) in [5.74, 6) is 2.54. The molecule has 0 saturated heterocycles. The third-order valence-corrected chi connectivity index (χ3v) is 13.1. The molecule has 0 aromatic carbocycles. The summed E-state index contributed by atoms with van der Waals surface area (Å²) in [4.78, 5) is 61.6. The fourth-order valence-electron chi connectivity index (χ4n) is 9.54. The van der Waals surface area contributed by atoms with Crippen LogP contribution >= 0.6 is 11.8 Å². The first-order valence-corrected chi connectivity index (χ1v) is 18.6. The Morgan fingerprint density at radius 1 is 0.800 bits per heavy atom. The van der Waals surface area contributed by atoms with Crippen molar-refractivity contribution >= 4 is 41.1 Å². The molecule has 0 aromatic rings. The number of carboxylic acid groups (broad SMARTS) is 1. The van der Waals surface area contributed by atoms with E-state index in [1.165, 1.54) is 12.0 Å². The highest BCUT2D eigenvalue weighted by Gasteiger charge is 2.60. The van der Waals surface area contributed by atoms with Crippen LogP contribution in [-0.2, 0) is 24.0 Å². The van der Waals surface area contributed by atoms with Crippen molar-refractivity contribution in [2.24, 2.45) is 34.5 Å². The highest BCUT2D eigenvalue weighted by Crippen LogP contribution is 2.67. The molecule has 9 heteroatoms. The fraction of sp³-hybridized carbons (Fsp3) is 0.806. The SMILES string of the molecule is CC(=O)C1CCC2C3CCC4=C(SCCC(=O)NCCCCCC(=O)NCCCCCC(=O)O)C(=O)CCC4(C)C3CCC12C. The average molecular weight is 645 g/mol. The lowest BCUT2D eigenvalue weighted by Gasteiger charge is -2.58. The smallest absolute Gasteiger partial charge is 0.303 e. The Hall–Kier alpha value is -2.16. The second-order valence-electron chi connectivity index (χ2n) is 14.7. The minimum Gasteiger partial charge on any atom is -0.481 e. The summed E-state index contributed by atoms with van der Waals surface area (Å²) >= 11 is 1.60. The van der Waals surface area contributed by atoms with E-state index in [4.69, 9.17) is 5.11 Å². The molecule has 252 valence electrons. The molecule has 45 heavy (non-hydrogen) atoms. The van der Waals surface area contributed by atoms with E-state index in [0.29, 0.717) is 68.1 Å². The topological polar surface area (TPSA) is 130 Å². The van der Waals surface area contributed by atoms with E-state index in [-0.39, 0.29) is 40.8 Å². The Kier molecular flexibility index (Phi) is 12.8. The molecule has 6 atom stereocenters. The molecular weight excluding hydrogens is 588 g/mol. The number of fused-ring (bicyclic) bond motifs is 5. The second kappa shape index (κ2) is 16.1. The lowest BCUT2D eigenvalue weighted by molar-refractivity contribution is -0.137. The number of rotatable bonds is 17. The number of Topliss-reactive ketones (excluding diaryl/α,β-unsaturated/α-hetero) is 2. The van der Waals surface area contributed by atoms with Crippen molar-refractivity contribution in [1.82, 2.24) is 10.6 Å². The summed E-state index contributed by atoms with van der Waals surface area (Å²) < 4.78 is 0. The van der Waals surface area contributed by atoms with Crippen LogP contribution in [0.5, 0.6) is 0 Å². The fourth-order valence-corrected chi connectivity index (χ4v) is 10.8. The molecule has 2 amide bonds. The van der Waals surface area contributed by atoms with Crippen LogP contribution in [0, 0.1) is 34.5 Å². The van der Waals surface area contributed by atoms with E-state index in [9.17, 15) is 24.0 Å². The summed E-state index contributed by atoms with van der Waals surface area (Å²) in [7, 11) is 0. The Morgan fingerprint density at radius 2 is 1.47 bits per heavy atom. The van der Waals surface area contributed by atoms with Gasteiger partial charge in [-0.05, 0) is 112 Å². The number of nitrogens with one attached hydrogen (secondary N) is 2. The van der Waals surface area contributed by atoms with Crippen LogP contribution < -0.4 is 10.6 Å². The van der Waals surface area contributed by atoms with Crippen molar-refractivity contribution in [2.75, 3.05) is 18.8 Å². The number of carboxylic acids is 1. The first-order valence-electron chi connectivity index (χ1n) is 17.6. The van der Waals surface area contributed by atoms with E-state index < -0.39 is 5.97 Å². The number of aliphatic carboxylic acids is 1. The van der Waals surface area contributed by atoms with Crippen LogP contribution in [0.15, 0.2) is 10.5 Å². The lowest BCUT2D eigenvalue weighted by atomic mass is 9.46. The van der Waals surface area contributed by atoms with Gasteiger partial charge in [-0.1, -0.05) is 26.7 Å². The van der Waals surface area contributed by atoms with Crippen LogP contribution in [0.4, 0.5) is 0 Å². The monoisotopic (exact) mass is 644 g/mol. The molecule has 0 aromatic heterocycles. The van der Waals surface area contributed by atoms with Crippen LogP contribution in [0.2, 0.25) is 0 Å². The average Bonchev–Trinajstić information content (AvgIpc) is 3.35. The van der Waals surface area contributed by atoms with Crippen LogP contribution in [0.25, 0.3) is 0 Å². The Balaban J connectivity index is 1.15. The molecule has 0 bridgehead atoms. The van der Waals surface area contributed by atoms with Crippen LogP contribution in [-0.4, -0.2) is 53.3 Å².